The maximum atomic E-state index is 13.1. The molecule has 0 spiro atoms. The third-order valence-electron chi connectivity index (χ3n) is 4.02. The summed E-state index contributed by atoms with van der Waals surface area (Å²) in [6, 6.07) is 12.5. The molecule has 3 rings (SSSR count). The molecular weight excluding hydrogens is 269 g/mol. The molecule has 1 aliphatic heterocycles. The van der Waals surface area contributed by atoms with Gasteiger partial charge in [0.05, 0.1) is 0 Å². The summed E-state index contributed by atoms with van der Waals surface area (Å²) in [5, 5.41) is 0. The molecule has 1 atom stereocenters. The molecule has 0 fully saturated rings. The van der Waals surface area contributed by atoms with Crippen molar-refractivity contribution in [2.45, 2.75) is 18.8 Å². The second-order valence-electron chi connectivity index (χ2n) is 5.64. The van der Waals surface area contributed by atoms with E-state index >= 15 is 0 Å². The Hall–Kier alpha value is -2.07. The fourth-order valence-corrected chi connectivity index (χ4v) is 2.65. The van der Waals surface area contributed by atoms with Gasteiger partial charge in [0.25, 0.3) is 0 Å². The minimum absolute atomic E-state index is 0.235. The van der Waals surface area contributed by atoms with Crippen LogP contribution in [-0.4, -0.2) is 13.3 Å². The number of halogens is 1. The van der Waals surface area contributed by atoms with Crippen LogP contribution < -0.4 is 15.2 Å². The molecule has 0 saturated heterocycles. The predicted molar refractivity (Wildman–Crippen MR) is 79.1 cm³/mol. The first-order chi connectivity index (χ1) is 10.1. The summed E-state index contributed by atoms with van der Waals surface area (Å²) >= 11 is 0. The lowest BCUT2D eigenvalue weighted by molar-refractivity contribution is 0.174. The SMILES string of the molecule is CC(CN)(Cc1ccc2c(c1)OCO2)c1ccc(F)cc1. The van der Waals surface area contributed by atoms with Crippen LogP contribution in [0.2, 0.25) is 0 Å². The quantitative estimate of drug-likeness (QED) is 0.940. The number of hydrogen-bond acceptors (Lipinski definition) is 3. The summed E-state index contributed by atoms with van der Waals surface area (Å²) in [7, 11) is 0. The van der Waals surface area contributed by atoms with Crippen LogP contribution in [0.1, 0.15) is 18.1 Å². The number of hydrogen-bond donors (Lipinski definition) is 1. The molecular formula is C17H18FNO2. The molecule has 2 aromatic carbocycles. The van der Waals surface area contributed by atoms with Crippen molar-refractivity contribution < 1.29 is 13.9 Å². The van der Waals surface area contributed by atoms with Gasteiger partial charge in [-0.2, -0.15) is 0 Å². The highest BCUT2D eigenvalue weighted by molar-refractivity contribution is 5.45. The normalized spacial score (nSPS) is 15.8. The third-order valence-corrected chi connectivity index (χ3v) is 4.02. The van der Waals surface area contributed by atoms with Gasteiger partial charge in [-0.25, -0.2) is 4.39 Å². The Labute approximate surface area is 123 Å². The third kappa shape index (κ3) is 2.72. The minimum atomic E-state index is -0.249. The maximum Gasteiger partial charge on any atom is 0.231 e. The molecule has 4 heteroatoms. The molecule has 1 unspecified atom stereocenters. The Morgan fingerprint density at radius 3 is 2.52 bits per heavy atom. The van der Waals surface area contributed by atoms with Gasteiger partial charge in [-0.05, 0) is 41.8 Å². The van der Waals surface area contributed by atoms with Crippen molar-refractivity contribution >= 4 is 0 Å². The van der Waals surface area contributed by atoms with Gasteiger partial charge in [0, 0.05) is 12.0 Å². The lowest BCUT2D eigenvalue weighted by Gasteiger charge is -2.29. The highest BCUT2D eigenvalue weighted by Gasteiger charge is 2.26. The molecule has 0 aliphatic carbocycles. The van der Waals surface area contributed by atoms with Crippen LogP contribution in [-0.2, 0) is 11.8 Å². The molecule has 110 valence electrons. The largest absolute Gasteiger partial charge is 0.454 e. The van der Waals surface area contributed by atoms with Crippen LogP contribution in [0.25, 0.3) is 0 Å². The summed E-state index contributed by atoms with van der Waals surface area (Å²) in [6.45, 7) is 2.84. The van der Waals surface area contributed by atoms with E-state index in [0.29, 0.717) is 6.54 Å². The fourth-order valence-electron chi connectivity index (χ4n) is 2.65. The van der Waals surface area contributed by atoms with Gasteiger partial charge in [-0.3, -0.25) is 0 Å². The van der Waals surface area contributed by atoms with Gasteiger partial charge >= 0.3 is 0 Å². The second-order valence-corrected chi connectivity index (χ2v) is 5.64. The first-order valence-corrected chi connectivity index (χ1v) is 6.95. The zero-order chi connectivity index (χ0) is 14.9. The summed E-state index contributed by atoms with van der Waals surface area (Å²) in [5.74, 6) is 1.31. The average molecular weight is 287 g/mol. The molecule has 2 aromatic rings. The second kappa shape index (κ2) is 5.37. The van der Waals surface area contributed by atoms with Crippen molar-refractivity contribution in [2.24, 2.45) is 5.73 Å². The number of rotatable bonds is 4. The van der Waals surface area contributed by atoms with Gasteiger partial charge in [0.1, 0.15) is 5.82 Å². The first-order valence-electron chi connectivity index (χ1n) is 6.95. The summed E-state index contributed by atoms with van der Waals surface area (Å²) in [6.07, 6.45) is 0.756. The van der Waals surface area contributed by atoms with E-state index in [1.165, 1.54) is 12.1 Å². The predicted octanol–water partition coefficient (Wildman–Crippen LogP) is 3.01. The molecule has 3 nitrogen and oxygen atoms in total. The number of nitrogens with two attached hydrogens (primary N) is 1. The zero-order valence-electron chi connectivity index (χ0n) is 11.9. The Kier molecular flexibility index (Phi) is 3.55. The zero-order valence-corrected chi connectivity index (χ0v) is 11.9. The number of benzene rings is 2. The van der Waals surface area contributed by atoms with Crippen LogP contribution in [0.3, 0.4) is 0 Å². The monoisotopic (exact) mass is 287 g/mol. The van der Waals surface area contributed by atoms with Crippen LogP contribution in [0.15, 0.2) is 42.5 Å². The highest BCUT2D eigenvalue weighted by Crippen LogP contribution is 2.35. The van der Waals surface area contributed by atoms with Gasteiger partial charge in [-0.1, -0.05) is 25.1 Å². The lowest BCUT2D eigenvalue weighted by Crippen LogP contribution is -2.34. The van der Waals surface area contributed by atoms with E-state index in [1.807, 2.05) is 18.2 Å². The van der Waals surface area contributed by atoms with E-state index in [-0.39, 0.29) is 18.0 Å². The minimum Gasteiger partial charge on any atom is -0.454 e. The average Bonchev–Trinajstić information content (AvgIpc) is 2.95. The van der Waals surface area contributed by atoms with Gasteiger partial charge < -0.3 is 15.2 Å². The van der Waals surface area contributed by atoms with E-state index in [9.17, 15) is 4.39 Å². The van der Waals surface area contributed by atoms with Gasteiger partial charge in [0.2, 0.25) is 6.79 Å². The van der Waals surface area contributed by atoms with Crippen molar-refractivity contribution in [3.63, 3.8) is 0 Å². The summed E-state index contributed by atoms with van der Waals surface area (Å²) in [5.41, 5.74) is 7.89. The summed E-state index contributed by atoms with van der Waals surface area (Å²) < 4.78 is 23.8. The molecule has 0 bridgehead atoms. The number of fused-ring (bicyclic) bond motifs is 1. The Bertz CT molecular complexity index is 642. The van der Waals surface area contributed by atoms with Crippen LogP contribution >= 0.6 is 0 Å². The van der Waals surface area contributed by atoms with Crippen molar-refractivity contribution in [3.05, 3.63) is 59.4 Å². The standard InChI is InChI=1S/C17H18FNO2/c1-17(10-19,13-3-5-14(18)6-4-13)9-12-2-7-15-16(8-12)21-11-20-15/h2-8H,9-11,19H2,1H3. The number of ether oxygens (including phenoxy) is 2. The van der Waals surface area contributed by atoms with Crippen LogP contribution in [0.5, 0.6) is 11.5 Å². The smallest absolute Gasteiger partial charge is 0.231 e. The summed E-state index contributed by atoms with van der Waals surface area (Å²) in [4.78, 5) is 0. The van der Waals surface area contributed by atoms with E-state index in [1.54, 1.807) is 12.1 Å². The highest BCUT2D eigenvalue weighted by atomic mass is 19.1. The van der Waals surface area contributed by atoms with Crippen LogP contribution in [0, 0.1) is 5.82 Å². The van der Waals surface area contributed by atoms with E-state index < -0.39 is 0 Å². The molecule has 0 amide bonds. The fraction of sp³-hybridized carbons (Fsp3) is 0.294. The van der Waals surface area contributed by atoms with Gasteiger partial charge in [0.15, 0.2) is 11.5 Å². The maximum absolute atomic E-state index is 13.1. The molecule has 0 aromatic heterocycles. The van der Waals surface area contributed by atoms with Crippen molar-refractivity contribution in [1.29, 1.82) is 0 Å². The van der Waals surface area contributed by atoms with Crippen molar-refractivity contribution in [2.75, 3.05) is 13.3 Å². The molecule has 1 heterocycles. The van der Waals surface area contributed by atoms with Crippen molar-refractivity contribution in [3.8, 4) is 11.5 Å². The lowest BCUT2D eigenvalue weighted by atomic mass is 9.77. The van der Waals surface area contributed by atoms with Gasteiger partial charge in [-0.15, -0.1) is 0 Å². The molecule has 1 aliphatic rings. The Morgan fingerprint density at radius 2 is 1.81 bits per heavy atom. The van der Waals surface area contributed by atoms with E-state index in [0.717, 1.165) is 29.0 Å². The molecule has 21 heavy (non-hydrogen) atoms. The molecule has 0 radical (unpaired) electrons. The van der Waals surface area contributed by atoms with E-state index in [2.05, 4.69) is 6.92 Å². The Morgan fingerprint density at radius 1 is 1.10 bits per heavy atom. The van der Waals surface area contributed by atoms with E-state index in [4.69, 9.17) is 15.2 Å². The molecule has 0 saturated carbocycles. The topological polar surface area (TPSA) is 44.5 Å². The van der Waals surface area contributed by atoms with Crippen molar-refractivity contribution in [1.82, 2.24) is 0 Å². The molecule has 2 N–H and O–H groups in total. The first kappa shape index (κ1) is 13.9. The van der Waals surface area contributed by atoms with Crippen LogP contribution in [0.4, 0.5) is 4.39 Å². The Balaban J connectivity index is 1.88.